The van der Waals surface area contributed by atoms with Crippen LogP contribution in [0.1, 0.15) is 19.3 Å². The van der Waals surface area contributed by atoms with E-state index >= 15 is 0 Å². The first kappa shape index (κ1) is 9.71. The number of hydrogen-bond donors (Lipinski definition) is 2. The number of carbonyl (C=O) groups is 1. The first-order valence-corrected chi connectivity index (χ1v) is 5.49. The van der Waals surface area contributed by atoms with E-state index in [1.54, 1.807) is 0 Å². The van der Waals surface area contributed by atoms with E-state index in [9.17, 15) is 4.79 Å². The fourth-order valence-electron chi connectivity index (χ4n) is 1.91. The van der Waals surface area contributed by atoms with Gasteiger partial charge in [0.25, 0.3) is 0 Å². The molecule has 1 aliphatic carbocycles. The molecule has 1 amide bonds. The first-order chi connectivity index (χ1) is 6.86. The van der Waals surface area contributed by atoms with Crippen LogP contribution in [0.25, 0.3) is 0 Å². The maximum atomic E-state index is 11.7. The Labute approximate surface area is 84.9 Å². The lowest BCUT2D eigenvalue weighted by Crippen LogP contribution is -2.49. The number of amides is 1. The quantitative estimate of drug-likeness (QED) is 0.649. The van der Waals surface area contributed by atoms with Crippen LogP contribution in [0.5, 0.6) is 0 Å². The molecule has 3 nitrogen and oxygen atoms in total. The van der Waals surface area contributed by atoms with Crippen molar-refractivity contribution in [1.29, 1.82) is 0 Å². The molecule has 1 saturated heterocycles. The van der Waals surface area contributed by atoms with Gasteiger partial charge in [-0.3, -0.25) is 4.79 Å². The summed E-state index contributed by atoms with van der Waals surface area (Å²) in [7, 11) is 0. The Morgan fingerprint density at radius 3 is 2.86 bits per heavy atom. The van der Waals surface area contributed by atoms with Crippen molar-refractivity contribution in [1.82, 2.24) is 10.6 Å². The summed E-state index contributed by atoms with van der Waals surface area (Å²) in [5, 5.41) is 6.24. The van der Waals surface area contributed by atoms with Gasteiger partial charge < -0.3 is 10.6 Å². The molecule has 0 radical (unpaired) electrons. The lowest BCUT2D eigenvalue weighted by atomic mass is 9.93. The average Bonchev–Trinajstić information content (AvgIpc) is 2.16. The van der Waals surface area contributed by atoms with Gasteiger partial charge >= 0.3 is 0 Å². The third-order valence-electron chi connectivity index (χ3n) is 3.07. The van der Waals surface area contributed by atoms with Crippen molar-refractivity contribution in [2.75, 3.05) is 19.6 Å². The van der Waals surface area contributed by atoms with E-state index in [0.717, 1.165) is 38.9 Å². The smallest absolute Gasteiger partial charge is 0.223 e. The van der Waals surface area contributed by atoms with Crippen LogP contribution in [-0.4, -0.2) is 25.5 Å². The zero-order valence-corrected chi connectivity index (χ0v) is 8.46. The van der Waals surface area contributed by atoms with Gasteiger partial charge in [0.05, 0.1) is 0 Å². The van der Waals surface area contributed by atoms with Gasteiger partial charge in [0.1, 0.15) is 0 Å². The fourth-order valence-corrected chi connectivity index (χ4v) is 1.91. The molecule has 2 N–H and O–H groups in total. The van der Waals surface area contributed by atoms with Crippen LogP contribution in [0.3, 0.4) is 0 Å². The Kier molecular flexibility index (Phi) is 3.19. The van der Waals surface area contributed by atoms with Crippen LogP contribution in [0, 0.1) is 11.8 Å². The molecule has 0 aromatic carbocycles. The van der Waals surface area contributed by atoms with E-state index in [-0.39, 0.29) is 11.8 Å². The molecule has 78 valence electrons. The SMILES string of the molecule is O=C(NCC1CNC1)C1CC=CCC1. The Morgan fingerprint density at radius 1 is 1.43 bits per heavy atom. The van der Waals surface area contributed by atoms with E-state index < -0.39 is 0 Å². The Morgan fingerprint density at radius 2 is 2.29 bits per heavy atom. The van der Waals surface area contributed by atoms with Crippen molar-refractivity contribution >= 4 is 5.91 Å². The lowest BCUT2D eigenvalue weighted by molar-refractivity contribution is -0.125. The fraction of sp³-hybridized carbons (Fsp3) is 0.727. The largest absolute Gasteiger partial charge is 0.355 e. The molecule has 1 atom stereocenters. The molecule has 1 heterocycles. The van der Waals surface area contributed by atoms with Gasteiger partial charge in [-0.25, -0.2) is 0 Å². The zero-order valence-electron chi connectivity index (χ0n) is 8.46. The molecular weight excluding hydrogens is 176 g/mol. The zero-order chi connectivity index (χ0) is 9.80. The van der Waals surface area contributed by atoms with Gasteiger partial charge in [0.2, 0.25) is 5.91 Å². The molecule has 3 heteroatoms. The number of hydrogen-bond acceptors (Lipinski definition) is 2. The van der Waals surface area contributed by atoms with Crippen LogP contribution >= 0.6 is 0 Å². The molecule has 2 rings (SSSR count). The summed E-state index contributed by atoms with van der Waals surface area (Å²) in [4.78, 5) is 11.7. The molecule has 0 spiro atoms. The predicted octanol–water partition coefficient (Wildman–Crippen LogP) is 0.678. The summed E-state index contributed by atoms with van der Waals surface area (Å²) >= 11 is 0. The number of nitrogens with one attached hydrogen (secondary N) is 2. The van der Waals surface area contributed by atoms with Crippen LogP contribution in [0.15, 0.2) is 12.2 Å². The summed E-state index contributed by atoms with van der Waals surface area (Å²) in [6.45, 7) is 2.97. The Hall–Kier alpha value is -0.830. The van der Waals surface area contributed by atoms with Crippen molar-refractivity contribution in [3.8, 4) is 0 Å². The highest BCUT2D eigenvalue weighted by atomic mass is 16.1. The number of carbonyl (C=O) groups excluding carboxylic acids is 1. The lowest BCUT2D eigenvalue weighted by Gasteiger charge is -2.28. The number of rotatable bonds is 3. The van der Waals surface area contributed by atoms with E-state index in [1.165, 1.54) is 0 Å². The van der Waals surface area contributed by atoms with E-state index in [1.807, 2.05) is 0 Å². The van der Waals surface area contributed by atoms with Crippen molar-refractivity contribution in [2.24, 2.45) is 11.8 Å². The summed E-state index contributed by atoms with van der Waals surface area (Å²) in [6.07, 6.45) is 7.29. The monoisotopic (exact) mass is 194 g/mol. The maximum Gasteiger partial charge on any atom is 0.223 e. The van der Waals surface area contributed by atoms with Gasteiger partial charge in [0.15, 0.2) is 0 Å². The first-order valence-electron chi connectivity index (χ1n) is 5.49. The second-order valence-electron chi connectivity index (χ2n) is 4.25. The molecule has 0 aromatic rings. The highest BCUT2D eigenvalue weighted by molar-refractivity contribution is 5.78. The van der Waals surface area contributed by atoms with Gasteiger partial charge in [-0.05, 0) is 19.3 Å². The van der Waals surface area contributed by atoms with E-state index in [2.05, 4.69) is 22.8 Å². The second-order valence-corrected chi connectivity index (χ2v) is 4.25. The standard InChI is InChI=1S/C11H18N2O/c14-11(10-4-2-1-3-5-10)13-8-9-6-12-7-9/h1-2,9-10,12H,3-8H2,(H,13,14). The van der Waals surface area contributed by atoms with Crippen LogP contribution in [0.4, 0.5) is 0 Å². The van der Waals surface area contributed by atoms with Gasteiger partial charge in [-0.15, -0.1) is 0 Å². The third-order valence-corrected chi connectivity index (χ3v) is 3.07. The second kappa shape index (κ2) is 4.60. The third kappa shape index (κ3) is 2.35. The Balaban J connectivity index is 1.68. The molecule has 1 unspecified atom stereocenters. The molecule has 2 aliphatic rings. The van der Waals surface area contributed by atoms with Crippen LogP contribution in [-0.2, 0) is 4.79 Å². The van der Waals surface area contributed by atoms with Gasteiger partial charge in [0, 0.05) is 31.5 Å². The predicted molar refractivity (Wildman–Crippen MR) is 55.9 cm³/mol. The molecule has 1 fully saturated rings. The van der Waals surface area contributed by atoms with Crippen molar-refractivity contribution in [3.05, 3.63) is 12.2 Å². The Bertz CT molecular complexity index is 233. The van der Waals surface area contributed by atoms with E-state index in [0.29, 0.717) is 5.92 Å². The van der Waals surface area contributed by atoms with Gasteiger partial charge in [-0.2, -0.15) is 0 Å². The highest BCUT2D eigenvalue weighted by Gasteiger charge is 2.21. The number of allylic oxidation sites excluding steroid dienone is 2. The molecular formula is C11H18N2O. The minimum absolute atomic E-state index is 0.230. The molecule has 0 bridgehead atoms. The minimum Gasteiger partial charge on any atom is -0.355 e. The van der Waals surface area contributed by atoms with Crippen LogP contribution in [0.2, 0.25) is 0 Å². The van der Waals surface area contributed by atoms with Crippen molar-refractivity contribution in [2.45, 2.75) is 19.3 Å². The van der Waals surface area contributed by atoms with Crippen molar-refractivity contribution in [3.63, 3.8) is 0 Å². The highest BCUT2D eigenvalue weighted by Crippen LogP contribution is 2.18. The molecule has 1 aliphatic heterocycles. The molecule has 0 aromatic heterocycles. The minimum atomic E-state index is 0.230. The maximum absolute atomic E-state index is 11.7. The van der Waals surface area contributed by atoms with Gasteiger partial charge in [-0.1, -0.05) is 12.2 Å². The summed E-state index contributed by atoms with van der Waals surface area (Å²) < 4.78 is 0. The summed E-state index contributed by atoms with van der Waals surface area (Å²) in [6, 6.07) is 0. The molecule has 0 saturated carbocycles. The summed E-state index contributed by atoms with van der Waals surface area (Å²) in [5.74, 6) is 1.15. The normalized spacial score (nSPS) is 27.0. The van der Waals surface area contributed by atoms with E-state index in [4.69, 9.17) is 0 Å². The van der Waals surface area contributed by atoms with Crippen LogP contribution < -0.4 is 10.6 Å². The average molecular weight is 194 g/mol. The topological polar surface area (TPSA) is 41.1 Å². The summed E-state index contributed by atoms with van der Waals surface area (Å²) in [5.41, 5.74) is 0. The van der Waals surface area contributed by atoms with Crippen molar-refractivity contribution < 1.29 is 4.79 Å². The molecule has 14 heavy (non-hydrogen) atoms.